The molecule has 3 aromatic rings. The van der Waals surface area contributed by atoms with Gasteiger partial charge in [-0.25, -0.2) is 4.39 Å². The van der Waals surface area contributed by atoms with Crippen LogP contribution >= 0.6 is 11.8 Å². The van der Waals surface area contributed by atoms with Crippen molar-refractivity contribution in [3.8, 4) is 6.07 Å². The predicted molar refractivity (Wildman–Crippen MR) is 114 cm³/mol. The SMILES string of the molecule is Cn1c(CCNC(=O)c2ccccc2F)nnc1SCC(=O)Nc1ccc(C#N)cc1. The highest BCUT2D eigenvalue weighted by Crippen LogP contribution is 2.17. The fraction of sp³-hybridized carbons (Fsp3) is 0.190. The van der Waals surface area contributed by atoms with E-state index < -0.39 is 11.7 Å². The maximum atomic E-state index is 13.6. The van der Waals surface area contributed by atoms with Crippen LogP contribution in [0.4, 0.5) is 10.1 Å². The van der Waals surface area contributed by atoms with Crippen molar-refractivity contribution >= 4 is 29.3 Å². The molecule has 0 atom stereocenters. The largest absolute Gasteiger partial charge is 0.351 e. The Bertz CT molecular complexity index is 1120. The molecule has 2 N–H and O–H groups in total. The van der Waals surface area contributed by atoms with E-state index in [0.29, 0.717) is 28.7 Å². The second kappa shape index (κ2) is 10.4. The molecule has 0 spiro atoms. The molecule has 0 saturated carbocycles. The monoisotopic (exact) mass is 438 g/mol. The van der Waals surface area contributed by atoms with E-state index in [-0.39, 0.29) is 23.8 Å². The molecule has 31 heavy (non-hydrogen) atoms. The van der Waals surface area contributed by atoms with Crippen molar-refractivity contribution in [2.45, 2.75) is 11.6 Å². The van der Waals surface area contributed by atoms with Gasteiger partial charge in [0.1, 0.15) is 11.6 Å². The Balaban J connectivity index is 1.47. The van der Waals surface area contributed by atoms with Crippen molar-refractivity contribution in [2.75, 3.05) is 17.6 Å². The lowest BCUT2D eigenvalue weighted by atomic mass is 10.2. The third-order valence-corrected chi connectivity index (χ3v) is 5.33. The van der Waals surface area contributed by atoms with Gasteiger partial charge in [0.25, 0.3) is 5.91 Å². The summed E-state index contributed by atoms with van der Waals surface area (Å²) in [4.78, 5) is 24.2. The first-order valence-electron chi connectivity index (χ1n) is 9.31. The number of nitriles is 1. The van der Waals surface area contributed by atoms with Gasteiger partial charge < -0.3 is 15.2 Å². The van der Waals surface area contributed by atoms with E-state index in [1.165, 1.54) is 30.0 Å². The van der Waals surface area contributed by atoms with Gasteiger partial charge in [-0.2, -0.15) is 5.26 Å². The van der Waals surface area contributed by atoms with Gasteiger partial charge in [0, 0.05) is 25.7 Å². The van der Waals surface area contributed by atoms with E-state index >= 15 is 0 Å². The average molecular weight is 438 g/mol. The normalized spacial score (nSPS) is 10.4. The number of carbonyl (C=O) groups is 2. The third kappa shape index (κ3) is 5.90. The second-order valence-electron chi connectivity index (χ2n) is 6.47. The van der Waals surface area contributed by atoms with Gasteiger partial charge in [-0.15, -0.1) is 10.2 Å². The van der Waals surface area contributed by atoms with E-state index in [0.717, 1.165) is 0 Å². The van der Waals surface area contributed by atoms with Gasteiger partial charge in [-0.05, 0) is 36.4 Å². The van der Waals surface area contributed by atoms with Gasteiger partial charge in [-0.3, -0.25) is 9.59 Å². The summed E-state index contributed by atoms with van der Waals surface area (Å²) in [7, 11) is 1.77. The van der Waals surface area contributed by atoms with E-state index in [2.05, 4.69) is 20.8 Å². The van der Waals surface area contributed by atoms with E-state index in [1.54, 1.807) is 41.9 Å². The van der Waals surface area contributed by atoms with Crippen LogP contribution < -0.4 is 10.6 Å². The quantitative estimate of drug-likeness (QED) is 0.523. The average Bonchev–Trinajstić information content (AvgIpc) is 3.12. The predicted octanol–water partition coefficient (Wildman–Crippen LogP) is 2.53. The molecular formula is C21H19FN6O2S. The highest BCUT2D eigenvalue weighted by Gasteiger charge is 2.13. The number of hydrogen-bond donors (Lipinski definition) is 2. The fourth-order valence-electron chi connectivity index (χ4n) is 2.67. The zero-order valence-electron chi connectivity index (χ0n) is 16.6. The molecule has 0 unspecified atom stereocenters. The van der Waals surface area contributed by atoms with Crippen LogP contribution in [0.25, 0.3) is 0 Å². The number of nitrogens with zero attached hydrogens (tertiary/aromatic N) is 4. The molecule has 1 heterocycles. The Hall–Kier alpha value is -3.71. The summed E-state index contributed by atoms with van der Waals surface area (Å²) in [5, 5.41) is 22.9. The van der Waals surface area contributed by atoms with Gasteiger partial charge in [0.05, 0.1) is 22.9 Å². The van der Waals surface area contributed by atoms with Crippen LogP contribution in [0.3, 0.4) is 0 Å². The first kappa shape index (κ1) is 22.0. The van der Waals surface area contributed by atoms with Gasteiger partial charge in [0.15, 0.2) is 5.16 Å². The number of rotatable bonds is 8. The molecule has 2 aromatic carbocycles. The summed E-state index contributed by atoms with van der Waals surface area (Å²) >= 11 is 1.23. The topological polar surface area (TPSA) is 113 Å². The first-order valence-corrected chi connectivity index (χ1v) is 10.3. The van der Waals surface area contributed by atoms with E-state index in [1.807, 2.05) is 6.07 Å². The smallest absolute Gasteiger partial charge is 0.254 e. The number of aromatic nitrogens is 3. The summed E-state index contributed by atoms with van der Waals surface area (Å²) in [5.41, 5.74) is 1.11. The molecule has 0 aliphatic rings. The lowest BCUT2D eigenvalue weighted by Gasteiger charge is -2.07. The van der Waals surface area contributed by atoms with Crippen molar-refractivity contribution < 1.29 is 14.0 Å². The van der Waals surface area contributed by atoms with Crippen LogP contribution in [0.5, 0.6) is 0 Å². The minimum Gasteiger partial charge on any atom is -0.351 e. The van der Waals surface area contributed by atoms with E-state index in [9.17, 15) is 14.0 Å². The molecule has 10 heteroatoms. The number of nitrogens with one attached hydrogen (secondary N) is 2. The van der Waals surface area contributed by atoms with Crippen molar-refractivity contribution in [1.82, 2.24) is 20.1 Å². The van der Waals surface area contributed by atoms with Gasteiger partial charge in [0.2, 0.25) is 5.91 Å². The Morgan fingerprint density at radius 1 is 1.16 bits per heavy atom. The third-order valence-electron chi connectivity index (χ3n) is 4.31. The summed E-state index contributed by atoms with van der Waals surface area (Å²) < 4.78 is 15.4. The highest BCUT2D eigenvalue weighted by molar-refractivity contribution is 7.99. The number of carbonyl (C=O) groups excluding carboxylic acids is 2. The zero-order chi connectivity index (χ0) is 22.2. The van der Waals surface area contributed by atoms with Crippen LogP contribution in [0.1, 0.15) is 21.7 Å². The number of anilines is 1. The molecule has 0 fully saturated rings. The number of halogens is 1. The molecule has 0 aliphatic carbocycles. The molecule has 1 aromatic heterocycles. The Morgan fingerprint density at radius 3 is 2.61 bits per heavy atom. The zero-order valence-corrected chi connectivity index (χ0v) is 17.4. The maximum Gasteiger partial charge on any atom is 0.254 e. The first-order chi connectivity index (χ1) is 15.0. The molecule has 0 radical (unpaired) electrons. The Morgan fingerprint density at radius 2 is 1.90 bits per heavy atom. The lowest BCUT2D eigenvalue weighted by Crippen LogP contribution is -2.27. The Kier molecular flexibility index (Phi) is 7.35. The maximum absolute atomic E-state index is 13.6. The molecule has 0 aliphatic heterocycles. The molecule has 3 rings (SSSR count). The summed E-state index contributed by atoms with van der Waals surface area (Å²) in [6.07, 6.45) is 0.404. The molecule has 0 bridgehead atoms. The van der Waals surface area contributed by atoms with Crippen molar-refractivity contribution in [3.63, 3.8) is 0 Å². The molecule has 158 valence electrons. The number of benzene rings is 2. The summed E-state index contributed by atoms with van der Waals surface area (Å²) in [6.45, 7) is 0.267. The standard InChI is InChI=1S/C21H19FN6O2S/c1-28-18(10-11-24-20(30)16-4-2-3-5-17(16)22)26-27-21(28)31-13-19(29)25-15-8-6-14(12-23)7-9-15/h2-9H,10-11,13H2,1H3,(H,24,30)(H,25,29). The molecule has 8 nitrogen and oxygen atoms in total. The van der Waals surface area contributed by atoms with Crippen molar-refractivity contribution in [1.29, 1.82) is 5.26 Å². The van der Waals surface area contributed by atoms with Crippen LogP contribution in [-0.4, -0.2) is 38.9 Å². The highest BCUT2D eigenvalue weighted by atomic mass is 32.2. The van der Waals surface area contributed by atoms with Crippen LogP contribution in [-0.2, 0) is 18.3 Å². The minimum atomic E-state index is -0.573. The number of thioether (sulfide) groups is 1. The van der Waals surface area contributed by atoms with Crippen molar-refractivity contribution in [2.24, 2.45) is 7.05 Å². The van der Waals surface area contributed by atoms with Crippen LogP contribution in [0.2, 0.25) is 0 Å². The van der Waals surface area contributed by atoms with Gasteiger partial charge >= 0.3 is 0 Å². The molecule has 2 amide bonds. The second-order valence-corrected chi connectivity index (χ2v) is 7.41. The fourth-order valence-corrected chi connectivity index (χ4v) is 3.40. The minimum absolute atomic E-state index is 0.00927. The number of amides is 2. The summed E-state index contributed by atoms with van der Waals surface area (Å²) in [5.74, 6) is -0.512. The summed E-state index contributed by atoms with van der Waals surface area (Å²) in [6, 6.07) is 14.4. The molecule has 0 saturated heterocycles. The van der Waals surface area contributed by atoms with Crippen LogP contribution in [0.15, 0.2) is 53.7 Å². The van der Waals surface area contributed by atoms with Gasteiger partial charge in [-0.1, -0.05) is 23.9 Å². The van der Waals surface area contributed by atoms with Crippen molar-refractivity contribution in [3.05, 3.63) is 71.3 Å². The Labute approximate surface area is 182 Å². The number of hydrogen-bond acceptors (Lipinski definition) is 6. The molecular weight excluding hydrogens is 419 g/mol. The van der Waals surface area contributed by atoms with E-state index in [4.69, 9.17) is 5.26 Å². The van der Waals surface area contributed by atoms with Crippen LogP contribution in [0, 0.1) is 17.1 Å². The lowest BCUT2D eigenvalue weighted by molar-refractivity contribution is -0.113.